The third-order valence-electron chi connectivity index (χ3n) is 5.20. The van der Waals surface area contributed by atoms with Crippen molar-refractivity contribution in [3.8, 4) is 5.75 Å². The predicted molar refractivity (Wildman–Crippen MR) is 124 cm³/mol. The molecule has 0 aliphatic carbocycles. The quantitative estimate of drug-likeness (QED) is 0.400. The fourth-order valence-electron chi connectivity index (χ4n) is 3.45. The number of para-hydroxylation sites is 1. The summed E-state index contributed by atoms with van der Waals surface area (Å²) < 4.78 is 5.79. The molecule has 0 aliphatic heterocycles. The normalized spacial score (nSPS) is 11.6. The summed E-state index contributed by atoms with van der Waals surface area (Å²) in [5.74, 6) is 0.311. The lowest BCUT2D eigenvalue weighted by Crippen LogP contribution is -2.24. The fourth-order valence-corrected chi connectivity index (χ4v) is 3.45. The average molecular weight is 418 g/mol. The minimum absolute atomic E-state index is 0.182. The van der Waals surface area contributed by atoms with Crippen molar-refractivity contribution in [1.82, 2.24) is 5.32 Å². The zero-order valence-corrected chi connectivity index (χ0v) is 17.9. The molecular weight excluding hydrogens is 386 g/mol. The van der Waals surface area contributed by atoms with Gasteiger partial charge in [0.15, 0.2) is 0 Å². The topological polar surface area (TPSA) is 58.6 Å². The maximum Gasteiger partial charge on any atom is 0.255 e. The molecule has 3 aromatic rings. The number of benzene rings is 3. The smallest absolute Gasteiger partial charge is 0.255 e. The van der Waals surface area contributed by atoms with E-state index in [1.165, 1.54) is 5.56 Å². The van der Waals surface area contributed by atoms with Gasteiger partial charge in [0, 0.05) is 6.54 Å². The number of aliphatic hydroxyl groups is 1. The lowest BCUT2D eigenvalue weighted by atomic mass is 10.1. The van der Waals surface area contributed by atoms with Crippen LogP contribution in [0.4, 0.5) is 0 Å². The van der Waals surface area contributed by atoms with Crippen molar-refractivity contribution in [2.24, 2.45) is 0 Å². The van der Waals surface area contributed by atoms with Crippen LogP contribution in [0.2, 0.25) is 0 Å². The SMILES string of the molecule is O=C(NCc1ccccc1)c1ccccc1OCC(O)CCCCCc1ccccc1. The maximum absolute atomic E-state index is 12.6. The predicted octanol–water partition coefficient (Wildman–Crippen LogP) is 5.16. The van der Waals surface area contributed by atoms with E-state index in [1.807, 2.05) is 48.5 Å². The highest BCUT2D eigenvalue weighted by Gasteiger charge is 2.13. The van der Waals surface area contributed by atoms with E-state index in [2.05, 4.69) is 29.6 Å². The van der Waals surface area contributed by atoms with Crippen molar-refractivity contribution in [2.75, 3.05) is 6.61 Å². The van der Waals surface area contributed by atoms with Gasteiger partial charge >= 0.3 is 0 Å². The number of aliphatic hydroxyl groups excluding tert-OH is 1. The zero-order chi connectivity index (χ0) is 21.7. The first-order valence-electron chi connectivity index (χ1n) is 11.0. The van der Waals surface area contributed by atoms with Crippen LogP contribution in [-0.4, -0.2) is 23.7 Å². The summed E-state index contributed by atoms with van der Waals surface area (Å²) in [4.78, 5) is 12.6. The van der Waals surface area contributed by atoms with E-state index in [4.69, 9.17) is 4.74 Å². The van der Waals surface area contributed by atoms with Gasteiger partial charge in [-0.3, -0.25) is 4.79 Å². The molecule has 0 saturated heterocycles. The summed E-state index contributed by atoms with van der Waals surface area (Å²) in [5, 5.41) is 13.2. The monoisotopic (exact) mass is 417 g/mol. The highest BCUT2D eigenvalue weighted by molar-refractivity contribution is 5.96. The molecule has 0 bridgehead atoms. The highest BCUT2D eigenvalue weighted by Crippen LogP contribution is 2.19. The molecule has 0 aliphatic rings. The number of hydrogen-bond donors (Lipinski definition) is 2. The first kappa shape index (κ1) is 22.6. The van der Waals surface area contributed by atoms with Crippen molar-refractivity contribution < 1.29 is 14.6 Å². The molecule has 1 amide bonds. The van der Waals surface area contributed by atoms with Crippen LogP contribution in [0.1, 0.15) is 47.2 Å². The van der Waals surface area contributed by atoms with E-state index in [-0.39, 0.29) is 12.5 Å². The molecule has 31 heavy (non-hydrogen) atoms. The Hall–Kier alpha value is -3.11. The van der Waals surface area contributed by atoms with E-state index >= 15 is 0 Å². The van der Waals surface area contributed by atoms with E-state index in [1.54, 1.807) is 12.1 Å². The van der Waals surface area contributed by atoms with Crippen LogP contribution < -0.4 is 10.1 Å². The van der Waals surface area contributed by atoms with Gasteiger partial charge in [-0.25, -0.2) is 0 Å². The highest BCUT2D eigenvalue weighted by atomic mass is 16.5. The lowest BCUT2D eigenvalue weighted by molar-refractivity contribution is 0.0901. The first-order valence-corrected chi connectivity index (χ1v) is 11.0. The second kappa shape index (κ2) is 12.6. The number of unbranched alkanes of at least 4 members (excludes halogenated alkanes) is 2. The molecule has 0 radical (unpaired) electrons. The molecule has 0 aromatic heterocycles. The Morgan fingerprint density at radius 3 is 2.19 bits per heavy atom. The number of nitrogens with one attached hydrogen (secondary N) is 1. The third kappa shape index (κ3) is 7.91. The van der Waals surface area contributed by atoms with Crippen LogP contribution >= 0.6 is 0 Å². The number of ether oxygens (including phenoxy) is 1. The molecule has 2 N–H and O–H groups in total. The van der Waals surface area contributed by atoms with Crippen LogP contribution in [0.3, 0.4) is 0 Å². The first-order chi connectivity index (χ1) is 15.2. The van der Waals surface area contributed by atoms with Crippen LogP contribution in [0.5, 0.6) is 5.75 Å². The summed E-state index contributed by atoms with van der Waals surface area (Å²) in [6, 6.07) is 27.4. The van der Waals surface area contributed by atoms with Gasteiger partial charge in [0.1, 0.15) is 12.4 Å². The summed E-state index contributed by atoms with van der Waals surface area (Å²) >= 11 is 0. The molecule has 4 nitrogen and oxygen atoms in total. The Morgan fingerprint density at radius 1 is 0.806 bits per heavy atom. The number of carbonyl (C=O) groups excluding carboxylic acids is 1. The van der Waals surface area contributed by atoms with E-state index in [0.717, 1.165) is 31.2 Å². The number of carbonyl (C=O) groups is 1. The van der Waals surface area contributed by atoms with Crippen molar-refractivity contribution in [3.63, 3.8) is 0 Å². The van der Waals surface area contributed by atoms with Gasteiger partial charge in [0.25, 0.3) is 5.91 Å². The number of hydrogen-bond acceptors (Lipinski definition) is 3. The molecule has 0 spiro atoms. The Labute approximate surface area is 184 Å². The van der Waals surface area contributed by atoms with Gasteiger partial charge in [0.05, 0.1) is 11.7 Å². The second-order valence-corrected chi connectivity index (χ2v) is 7.71. The van der Waals surface area contributed by atoms with Gasteiger partial charge in [-0.05, 0) is 42.5 Å². The van der Waals surface area contributed by atoms with Crippen molar-refractivity contribution in [1.29, 1.82) is 0 Å². The van der Waals surface area contributed by atoms with Gasteiger partial charge in [-0.1, -0.05) is 85.6 Å². The van der Waals surface area contributed by atoms with Crippen LogP contribution in [-0.2, 0) is 13.0 Å². The van der Waals surface area contributed by atoms with E-state index in [9.17, 15) is 9.90 Å². The van der Waals surface area contributed by atoms with Crippen LogP contribution in [0.25, 0.3) is 0 Å². The molecule has 162 valence electrons. The molecule has 3 rings (SSSR count). The lowest BCUT2D eigenvalue weighted by Gasteiger charge is -2.15. The molecule has 3 aromatic carbocycles. The molecular formula is C27H31NO3. The van der Waals surface area contributed by atoms with E-state index in [0.29, 0.717) is 24.3 Å². The summed E-state index contributed by atoms with van der Waals surface area (Å²) in [6.45, 7) is 0.640. The van der Waals surface area contributed by atoms with Gasteiger partial charge in [0.2, 0.25) is 0 Å². The molecule has 4 heteroatoms. The van der Waals surface area contributed by atoms with Gasteiger partial charge in [-0.2, -0.15) is 0 Å². The minimum Gasteiger partial charge on any atom is -0.490 e. The Balaban J connectivity index is 1.39. The molecule has 1 atom stereocenters. The Kier molecular flexibility index (Phi) is 9.14. The van der Waals surface area contributed by atoms with Gasteiger partial charge < -0.3 is 15.2 Å². The van der Waals surface area contributed by atoms with Gasteiger partial charge in [-0.15, -0.1) is 0 Å². The summed E-state index contributed by atoms with van der Waals surface area (Å²) in [5.41, 5.74) is 2.87. The summed E-state index contributed by atoms with van der Waals surface area (Å²) in [7, 11) is 0. The molecule has 0 saturated carbocycles. The van der Waals surface area contributed by atoms with Crippen molar-refractivity contribution in [3.05, 3.63) is 102 Å². The zero-order valence-electron chi connectivity index (χ0n) is 17.9. The standard InChI is InChI=1S/C27H31NO3/c29-24(17-9-3-6-14-22-12-4-1-5-13-22)21-31-26-19-11-10-18-25(26)27(30)28-20-23-15-7-2-8-16-23/h1-2,4-5,7-8,10-13,15-16,18-19,24,29H,3,6,9,14,17,20-21H2,(H,28,30). The maximum atomic E-state index is 12.6. The molecule has 1 unspecified atom stereocenters. The number of amides is 1. The van der Waals surface area contributed by atoms with Crippen LogP contribution in [0.15, 0.2) is 84.9 Å². The largest absolute Gasteiger partial charge is 0.490 e. The molecule has 0 heterocycles. The minimum atomic E-state index is -0.544. The second-order valence-electron chi connectivity index (χ2n) is 7.71. The van der Waals surface area contributed by atoms with Crippen molar-refractivity contribution in [2.45, 2.75) is 44.8 Å². The fraction of sp³-hybridized carbons (Fsp3) is 0.296. The van der Waals surface area contributed by atoms with Crippen LogP contribution in [0, 0.1) is 0 Å². The average Bonchev–Trinajstić information content (AvgIpc) is 2.82. The number of rotatable bonds is 12. The van der Waals surface area contributed by atoms with E-state index < -0.39 is 6.10 Å². The Morgan fingerprint density at radius 2 is 1.45 bits per heavy atom. The Bertz CT molecular complexity index is 912. The van der Waals surface area contributed by atoms with Crippen molar-refractivity contribution >= 4 is 5.91 Å². The summed E-state index contributed by atoms with van der Waals surface area (Å²) in [6.07, 6.45) is 4.36. The number of aryl methyl sites for hydroxylation is 1. The third-order valence-corrected chi connectivity index (χ3v) is 5.20. The molecule has 0 fully saturated rings.